The van der Waals surface area contributed by atoms with Gasteiger partial charge in [0.05, 0.1) is 0 Å². The normalized spacial score (nSPS) is 20.8. The maximum Gasteiger partial charge on any atom is 0.129 e. The summed E-state index contributed by atoms with van der Waals surface area (Å²) in [6, 6.07) is 5.32. The van der Waals surface area contributed by atoms with Gasteiger partial charge in [-0.25, -0.2) is 4.39 Å². The molecule has 0 radical (unpaired) electrons. The van der Waals surface area contributed by atoms with E-state index in [4.69, 9.17) is 11.6 Å². The van der Waals surface area contributed by atoms with Crippen LogP contribution >= 0.6 is 11.6 Å². The highest BCUT2D eigenvalue weighted by Crippen LogP contribution is 2.22. The van der Waals surface area contributed by atoms with Crippen LogP contribution in [0.4, 0.5) is 4.39 Å². The van der Waals surface area contributed by atoms with E-state index in [1.54, 1.807) is 12.1 Å². The predicted molar refractivity (Wildman–Crippen MR) is 68.8 cm³/mol. The van der Waals surface area contributed by atoms with Crippen LogP contribution < -0.4 is 5.32 Å². The molecule has 0 unspecified atom stereocenters. The van der Waals surface area contributed by atoms with E-state index in [0.29, 0.717) is 23.2 Å². The molecule has 1 N–H and O–H groups in total. The van der Waals surface area contributed by atoms with Gasteiger partial charge in [0, 0.05) is 29.7 Å². The molecule has 2 nitrogen and oxygen atoms in total. The van der Waals surface area contributed by atoms with Gasteiger partial charge < -0.3 is 5.32 Å². The molecule has 0 spiro atoms. The first-order valence-corrected chi connectivity index (χ1v) is 6.40. The molecule has 1 atom stereocenters. The van der Waals surface area contributed by atoms with Gasteiger partial charge in [0.1, 0.15) is 5.82 Å². The Kier molecular flexibility index (Phi) is 4.37. The number of hydrogen-bond donors (Lipinski definition) is 1. The van der Waals surface area contributed by atoms with Gasteiger partial charge in [0.15, 0.2) is 0 Å². The first kappa shape index (κ1) is 12.8. The van der Waals surface area contributed by atoms with Crippen molar-refractivity contribution >= 4 is 11.6 Å². The monoisotopic (exact) mass is 256 g/mol. The minimum absolute atomic E-state index is 0.215. The summed E-state index contributed by atoms with van der Waals surface area (Å²) in [5, 5.41) is 3.88. The molecule has 1 aromatic rings. The van der Waals surface area contributed by atoms with Gasteiger partial charge in [-0.15, -0.1) is 0 Å². The van der Waals surface area contributed by atoms with Crippen molar-refractivity contribution in [1.29, 1.82) is 0 Å². The summed E-state index contributed by atoms with van der Waals surface area (Å²) in [6.45, 7) is 2.63. The second-order valence-electron chi connectivity index (χ2n) is 4.62. The van der Waals surface area contributed by atoms with Crippen LogP contribution in [-0.2, 0) is 6.54 Å². The Balaban J connectivity index is 2.04. The molecular weight excluding hydrogens is 239 g/mol. The molecule has 94 valence electrons. The Labute approximate surface area is 107 Å². The quantitative estimate of drug-likeness (QED) is 0.895. The number of nitrogens with zero attached hydrogens (tertiary/aromatic N) is 1. The molecular formula is C13H18ClFN2. The highest BCUT2D eigenvalue weighted by Gasteiger charge is 2.19. The molecule has 0 aromatic heterocycles. The van der Waals surface area contributed by atoms with Crippen molar-refractivity contribution in [2.45, 2.75) is 25.4 Å². The summed E-state index contributed by atoms with van der Waals surface area (Å²) >= 11 is 6.03. The first-order valence-electron chi connectivity index (χ1n) is 6.02. The molecule has 0 saturated carbocycles. The van der Waals surface area contributed by atoms with Gasteiger partial charge in [-0.1, -0.05) is 17.7 Å². The van der Waals surface area contributed by atoms with Gasteiger partial charge in [-0.3, -0.25) is 4.90 Å². The zero-order valence-electron chi connectivity index (χ0n) is 10.0. The van der Waals surface area contributed by atoms with E-state index < -0.39 is 0 Å². The molecule has 1 saturated heterocycles. The number of benzene rings is 1. The van der Waals surface area contributed by atoms with E-state index in [-0.39, 0.29) is 5.82 Å². The third-order valence-corrected chi connectivity index (χ3v) is 3.72. The lowest BCUT2D eigenvalue weighted by atomic mass is 10.1. The first-order chi connectivity index (χ1) is 8.18. The number of nitrogens with one attached hydrogen (secondary N) is 1. The minimum atomic E-state index is -0.215. The van der Waals surface area contributed by atoms with E-state index in [2.05, 4.69) is 10.2 Å². The zero-order chi connectivity index (χ0) is 12.3. The van der Waals surface area contributed by atoms with Gasteiger partial charge in [0.25, 0.3) is 0 Å². The summed E-state index contributed by atoms with van der Waals surface area (Å²) in [5.74, 6) is -0.215. The van der Waals surface area contributed by atoms with Crippen LogP contribution in [0.5, 0.6) is 0 Å². The molecule has 2 rings (SSSR count). The van der Waals surface area contributed by atoms with Crippen LogP contribution in [0.1, 0.15) is 18.4 Å². The molecule has 1 heterocycles. The lowest BCUT2D eigenvalue weighted by Crippen LogP contribution is -2.43. The molecule has 0 aliphatic carbocycles. The van der Waals surface area contributed by atoms with Crippen molar-refractivity contribution in [1.82, 2.24) is 10.2 Å². The lowest BCUT2D eigenvalue weighted by Gasteiger charge is -2.31. The highest BCUT2D eigenvalue weighted by atomic mass is 35.5. The van der Waals surface area contributed by atoms with Crippen LogP contribution in [0.15, 0.2) is 18.2 Å². The highest BCUT2D eigenvalue weighted by molar-refractivity contribution is 6.31. The second kappa shape index (κ2) is 5.80. The average molecular weight is 257 g/mol. The van der Waals surface area contributed by atoms with Crippen LogP contribution in [-0.4, -0.2) is 31.1 Å². The van der Waals surface area contributed by atoms with Crippen molar-refractivity contribution in [3.8, 4) is 0 Å². The largest absolute Gasteiger partial charge is 0.315 e. The Morgan fingerprint density at radius 3 is 3.00 bits per heavy atom. The SMILES string of the molecule is CN(Cc1c(F)cccc1Cl)[C@H]1CCCNC1. The fraction of sp³-hybridized carbons (Fsp3) is 0.538. The third-order valence-electron chi connectivity index (χ3n) is 3.36. The number of halogens is 2. The number of rotatable bonds is 3. The summed E-state index contributed by atoms with van der Waals surface area (Å²) in [7, 11) is 2.03. The van der Waals surface area contributed by atoms with Crippen LogP contribution in [0.2, 0.25) is 5.02 Å². The standard InChI is InChI=1S/C13H18ClFN2/c1-17(10-4-3-7-16-8-10)9-11-12(14)5-2-6-13(11)15/h2,5-6,10,16H,3-4,7-9H2,1H3/t10-/m0/s1. The van der Waals surface area contributed by atoms with E-state index in [0.717, 1.165) is 19.5 Å². The molecule has 1 aliphatic heterocycles. The van der Waals surface area contributed by atoms with Crippen molar-refractivity contribution < 1.29 is 4.39 Å². The molecule has 0 bridgehead atoms. The molecule has 1 aromatic carbocycles. The van der Waals surface area contributed by atoms with E-state index >= 15 is 0 Å². The van der Waals surface area contributed by atoms with Crippen molar-refractivity contribution in [2.24, 2.45) is 0 Å². The Morgan fingerprint density at radius 1 is 1.53 bits per heavy atom. The van der Waals surface area contributed by atoms with Crippen molar-refractivity contribution in [3.63, 3.8) is 0 Å². The summed E-state index contributed by atoms with van der Waals surface area (Å²) in [4.78, 5) is 2.18. The van der Waals surface area contributed by atoms with Crippen LogP contribution in [0.3, 0.4) is 0 Å². The summed E-state index contributed by atoms with van der Waals surface area (Å²) < 4.78 is 13.7. The fourth-order valence-electron chi connectivity index (χ4n) is 2.27. The third kappa shape index (κ3) is 3.18. The lowest BCUT2D eigenvalue weighted by molar-refractivity contribution is 0.194. The number of piperidine rings is 1. The van der Waals surface area contributed by atoms with E-state index in [9.17, 15) is 4.39 Å². The smallest absolute Gasteiger partial charge is 0.129 e. The molecule has 1 fully saturated rings. The van der Waals surface area contributed by atoms with Gasteiger partial charge in [0.2, 0.25) is 0 Å². The van der Waals surface area contributed by atoms with Gasteiger partial charge in [-0.05, 0) is 38.6 Å². The fourth-order valence-corrected chi connectivity index (χ4v) is 2.49. The van der Waals surface area contributed by atoms with Gasteiger partial charge >= 0.3 is 0 Å². The zero-order valence-corrected chi connectivity index (χ0v) is 10.8. The van der Waals surface area contributed by atoms with E-state index in [1.807, 2.05) is 7.05 Å². The van der Waals surface area contributed by atoms with Crippen LogP contribution in [0.25, 0.3) is 0 Å². The predicted octanol–water partition coefficient (Wildman–Crippen LogP) is 2.66. The minimum Gasteiger partial charge on any atom is -0.315 e. The summed E-state index contributed by atoms with van der Waals surface area (Å²) in [5.41, 5.74) is 0.599. The average Bonchev–Trinajstić information content (AvgIpc) is 2.35. The molecule has 1 aliphatic rings. The Hall–Kier alpha value is -0.640. The number of hydrogen-bond acceptors (Lipinski definition) is 2. The summed E-state index contributed by atoms with van der Waals surface area (Å²) in [6.07, 6.45) is 2.34. The Morgan fingerprint density at radius 2 is 2.35 bits per heavy atom. The van der Waals surface area contributed by atoms with E-state index in [1.165, 1.54) is 12.5 Å². The van der Waals surface area contributed by atoms with Crippen molar-refractivity contribution in [3.05, 3.63) is 34.6 Å². The van der Waals surface area contributed by atoms with Crippen LogP contribution in [0, 0.1) is 5.82 Å². The molecule has 17 heavy (non-hydrogen) atoms. The molecule has 4 heteroatoms. The Bertz CT molecular complexity index is 357. The van der Waals surface area contributed by atoms with Gasteiger partial charge in [-0.2, -0.15) is 0 Å². The number of likely N-dealkylation sites (N-methyl/N-ethyl adjacent to an activating group) is 1. The van der Waals surface area contributed by atoms with Crippen molar-refractivity contribution in [2.75, 3.05) is 20.1 Å². The molecule has 0 amide bonds. The maximum absolute atomic E-state index is 13.7. The topological polar surface area (TPSA) is 15.3 Å². The second-order valence-corrected chi connectivity index (χ2v) is 5.02. The maximum atomic E-state index is 13.7.